The highest BCUT2D eigenvalue weighted by Crippen LogP contribution is 2.34. The number of nitrogens with zero attached hydrogens (tertiary/aromatic N) is 4. The van der Waals surface area contributed by atoms with Gasteiger partial charge < -0.3 is 20.5 Å². The number of benzene rings is 1. The monoisotopic (exact) mass is 604 g/mol. The molecule has 5 aromatic rings. The summed E-state index contributed by atoms with van der Waals surface area (Å²) in [5.41, 5.74) is 8.97. The number of halogens is 1. The van der Waals surface area contributed by atoms with Crippen molar-refractivity contribution in [2.24, 2.45) is 5.92 Å². The number of H-pyrrole nitrogens is 2. The second kappa shape index (κ2) is 13.7. The van der Waals surface area contributed by atoms with Crippen molar-refractivity contribution in [1.29, 1.82) is 0 Å². The van der Waals surface area contributed by atoms with Gasteiger partial charge >= 0.3 is 0 Å². The molecule has 5 rings (SSSR count). The smallest absolute Gasteiger partial charge is 0.181 e. The number of pyridine rings is 2. The molecule has 0 atom stereocenters. The van der Waals surface area contributed by atoms with Crippen LogP contribution in [0.2, 0.25) is 0 Å². The Morgan fingerprint density at radius 2 is 1.93 bits per heavy atom. The largest absolute Gasteiger partial charge is 0.384 e. The highest BCUT2D eigenvalue weighted by molar-refractivity contribution is 6.00. The Balaban J connectivity index is 1.49. The lowest BCUT2D eigenvalue weighted by Gasteiger charge is -2.13. The van der Waals surface area contributed by atoms with Gasteiger partial charge in [0.25, 0.3) is 0 Å². The summed E-state index contributed by atoms with van der Waals surface area (Å²) in [5, 5.41) is 16.1. The molecule has 0 fully saturated rings. The minimum absolute atomic E-state index is 0.319. The van der Waals surface area contributed by atoms with E-state index < -0.39 is 0 Å². The van der Waals surface area contributed by atoms with Crippen LogP contribution in [-0.4, -0.2) is 57.2 Å². The van der Waals surface area contributed by atoms with Crippen LogP contribution in [0.3, 0.4) is 0 Å². The molecule has 0 saturated carbocycles. The molecule has 0 unspecified atom stereocenters. The SMILES string of the molecule is C=C/C(=C\C(=C/C)c1cnc2n[nH]c(-c3cc4c(-c5cc(F)cc(NCCN(C)C)c5)nccc4[nH]3)c2c1)NC(=C)CC(C)C. The first-order valence-corrected chi connectivity index (χ1v) is 15.1. The van der Waals surface area contributed by atoms with E-state index in [1.54, 1.807) is 12.3 Å². The zero-order valence-corrected chi connectivity index (χ0v) is 26.6. The Morgan fingerprint density at radius 1 is 1.11 bits per heavy atom. The van der Waals surface area contributed by atoms with Crippen molar-refractivity contribution >= 4 is 33.2 Å². The van der Waals surface area contributed by atoms with Crippen LogP contribution in [0.1, 0.15) is 32.8 Å². The van der Waals surface area contributed by atoms with Crippen molar-refractivity contribution < 1.29 is 4.39 Å². The van der Waals surface area contributed by atoms with Gasteiger partial charge in [-0.05, 0) is 87.5 Å². The van der Waals surface area contributed by atoms with Crippen molar-refractivity contribution in [3.05, 3.63) is 103 Å². The summed E-state index contributed by atoms with van der Waals surface area (Å²) in [5.74, 6) is 0.182. The molecule has 0 radical (unpaired) electrons. The number of likely N-dealkylation sites (N-methyl/N-ethyl adjacent to an activating group) is 1. The average molecular weight is 605 g/mol. The number of fused-ring (bicyclic) bond motifs is 2. The molecular formula is C36H41FN8. The van der Waals surface area contributed by atoms with Gasteiger partial charge in [0.2, 0.25) is 0 Å². The van der Waals surface area contributed by atoms with Crippen molar-refractivity contribution in [2.45, 2.75) is 27.2 Å². The molecule has 0 saturated heterocycles. The third-order valence-electron chi connectivity index (χ3n) is 7.44. The molecule has 4 aromatic heterocycles. The zero-order valence-electron chi connectivity index (χ0n) is 26.6. The maximum atomic E-state index is 14.7. The van der Waals surface area contributed by atoms with Gasteiger partial charge in [-0.2, -0.15) is 5.10 Å². The summed E-state index contributed by atoms with van der Waals surface area (Å²) < 4.78 is 14.7. The van der Waals surface area contributed by atoms with Gasteiger partial charge in [-0.1, -0.05) is 33.1 Å². The van der Waals surface area contributed by atoms with E-state index in [4.69, 9.17) is 0 Å². The van der Waals surface area contributed by atoms with Crippen LogP contribution in [0.25, 0.3) is 50.2 Å². The van der Waals surface area contributed by atoms with Crippen LogP contribution in [0.4, 0.5) is 10.1 Å². The number of allylic oxidation sites excluding steroid dienone is 5. The number of hydrogen-bond donors (Lipinski definition) is 4. The van der Waals surface area contributed by atoms with Gasteiger partial charge in [-0.25, -0.2) is 9.37 Å². The molecule has 4 heterocycles. The molecule has 0 amide bonds. The maximum absolute atomic E-state index is 14.7. The fraction of sp³-hybridized carbons (Fsp3) is 0.250. The zero-order chi connectivity index (χ0) is 32.1. The minimum Gasteiger partial charge on any atom is -0.384 e. The lowest BCUT2D eigenvalue weighted by molar-refractivity contribution is 0.425. The fourth-order valence-electron chi connectivity index (χ4n) is 5.33. The number of nitrogens with one attached hydrogen (secondary N) is 4. The summed E-state index contributed by atoms with van der Waals surface area (Å²) in [7, 11) is 4.01. The molecule has 8 nitrogen and oxygen atoms in total. The van der Waals surface area contributed by atoms with Crippen LogP contribution in [-0.2, 0) is 0 Å². The van der Waals surface area contributed by atoms with E-state index in [1.165, 1.54) is 12.1 Å². The maximum Gasteiger partial charge on any atom is 0.181 e. The second-order valence-corrected chi connectivity index (χ2v) is 11.8. The summed E-state index contributed by atoms with van der Waals surface area (Å²) in [6, 6.07) is 11.0. The number of hydrogen-bond acceptors (Lipinski definition) is 6. The standard InChI is InChI=1S/C36H41FN8/c1-8-24(16-28(9-2)41-23(5)14-22(3)4)26-18-31-35(43-44-36(31)40-21-26)33-20-30-32(42-33)10-11-39-34(30)25-15-27(37)19-29(17-25)38-12-13-45(6)7/h8-11,15-22,38,41-42H,2,5,12-14H2,1,3-4,6-7H3,(H,40,43,44)/b24-8+,28-16+. The molecule has 0 aliphatic heterocycles. The predicted molar refractivity (Wildman–Crippen MR) is 185 cm³/mol. The molecule has 1 aromatic carbocycles. The van der Waals surface area contributed by atoms with Gasteiger partial charge in [-0.3, -0.25) is 10.1 Å². The molecule has 45 heavy (non-hydrogen) atoms. The Bertz CT molecular complexity index is 1910. The lowest BCUT2D eigenvalue weighted by atomic mass is 10.0. The molecular weight excluding hydrogens is 563 g/mol. The number of aromatic amines is 2. The number of aromatic nitrogens is 5. The highest BCUT2D eigenvalue weighted by atomic mass is 19.1. The van der Waals surface area contributed by atoms with Crippen LogP contribution in [0.15, 0.2) is 91.6 Å². The Morgan fingerprint density at radius 3 is 2.67 bits per heavy atom. The second-order valence-electron chi connectivity index (χ2n) is 11.8. The molecule has 232 valence electrons. The first kappa shape index (κ1) is 31.4. The van der Waals surface area contributed by atoms with Crippen molar-refractivity contribution in [3.63, 3.8) is 0 Å². The van der Waals surface area contributed by atoms with Crippen molar-refractivity contribution in [3.8, 4) is 22.6 Å². The summed E-state index contributed by atoms with van der Waals surface area (Å²) in [6.07, 6.45) is 10.3. The summed E-state index contributed by atoms with van der Waals surface area (Å²) in [6.45, 7) is 16.0. The first-order chi connectivity index (χ1) is 21.6. The molecule has 0 aliphatic rings. The predicted octanol–water partition coefficient (Wildman–Crippen LogP) is 7.90. The van der Waals surface area contributed by atoms with E-state index in [1.807, 2.05) is 57.6 Å². The molecule has 4 N–H and O–H groups in total. The number of anilines is 1. The van der Waals surface area contributed by atoms with E-state index in [2.05, 4.69) is 73.8 Å². The van der Waals surface area contributed by atoms with Crippen molar-refractivity contribution in [2.75, 3.05) is 32.5 Å². The molecule has 0 aliphatic carbocycles. The Kier molecular flexibility index (Phi) is 9.59. The van der Waals surface area contributed by atoms with Gasteiger partial charge in [-0.15, -0.1) is 0 Å². The fourth-order valence-corrected chi connectivity index (χ4v) is 5.33. The molecule has 0 bridgehead atoms. The van der Waals surface area contributed by atoms with Gasteiger partial charge in [0, 0.05) is 70.0 Å². The average Bonchev–Trinajstić information content (AvgIpc) is 3.62. The first-order valence-electron chi connectivity index (χ1n) is 15.1. The topological polar surface area (TPSA) is 97.6 Å². The Labute approximate surface area is 263 Å². The van der Waals surface area contributed by atoms with Gasteiger partial charge in [0.1, 0.15) is 5.82 Å². The van der Waals surface area contributed by atoms with Crippen LogP contribution < -0.4 is 10.6 Å². The quantitative estimate of drug-likeness (QED) is 0.102. The van der Waals surface area contributed by atoms with Gasteiger partial charge in [0.05, 0.1) is 17.1 Å². The van der Waals surface area contributed by atoms with Crippen LogP contribution >= 0.6 is 0 Å². The molecule has 9 heteroatoms. The summed E-state index contributed by atoms with van der Waals surface area (Å²) in [4.78, 5) is 14.9. The van der Waals surface area contributed by atoms with E-state index >= 15 is 0 Å². The van der Waals surface area contributed by atoms with Crippen molar-refractivity contribution in [1.82, 2.24) is 35.4 Å². The van der Waals surface area contributed by atoms with Gasteiger partial charge in [0.15, 0.2) is 5.65 Å². The third kappa shape index (κ3) is 7.38. The highest BCUT2D eigenvalue weighted by Gasteiger charge is 2.16. The van der Waals surface area contributed by atoms with E-state index in [-0.39, 0.29) is 5.82 Å². The van der Waals surface area contributed by atoms with Crippen LogP contribution in [0, 0.1) is 11.7 Å². The third-order valence-corrected chi connectivity index (χ3v) is 7.44. The van der Waals surface area contributed by atoms with Crippen LogP contribution in [0.5, 0.6) is 0 Å². The summed E-state index contributed by atoms with van der Waals surface area (Å²) >= 11 is 0. The lowest BCUT2D eigenvalue weighted by Crippen LogP contribution is -2.20. The normalized spacial score (nSPS) is 12.4. The van der Waals surface area contributed by atoms with E-state index in [0.717, 1.165) is 63.2 Å². The Hall–Kier alpha value is -5.02. The van der Waals surface area contributed by atoms with E-state index in [9.17, 15) is 4.39 Å². The van der Waals surface area contributed by atoms with E-state index in [0.29, 0.717) is 35.1 Å². The molecule has 0 spiro atoms. The number of rotatable bonds is 13. The minimum atomic E-state index is -0.319.